The molecule has 0 bridgehead atoms. The van der Waals surface area contributed by atoms with E-state index in [1.807, 2.05) is 36.1 Å². The van der Waals surface area contributed by atoms with Crippen LogP contribution in [-0.2, 0) is 9.59 Å². The summed E-state index contributed by atoms with van der Waals surface area (Å²) in [6.07, 6.45) is -0.185. The fourth-order valence-electron chi connectivity index (χ4n) is 3.15. The van der Waals surface area contributed by atoms with Crippen molar-refractivity contribution in [2.45, 2.75) is 32.4 Å². The minimum Gasteiger partial charge on any atom is -0.479 e. The zero-order valence-electron chi connectivity index (χ0n) is 13.6. The minimum absolute atomic E-state index is 0.0927. The number of hydrogen-bond donors (Lipinski definition) is 1. The molecule has 6 nitrogen and oxygen atoms in total. The van der Waals surface area contributed by atoms with Gasteiger partial charge in [0.15, 0.2) is 6.10 Å². The molecule has 2 aliphatic rings. The number of rotatable bonds is 3. The van der Waals surface area contributed by atoms with Gasteiger partial charge >= 0.3 is 0 Å². The first kappa shape index (κ1) is 15.8. The van der Waals surface area contributed by atoms with Gasteiger partial charge in [-0.2, -0.15) is 0 Å². The number of carbonyl (C=O) groups is 2. The van der Waals surface area contributed by atoms with Crippen molar-refractivity contribution in [3.05, 3.63) is 24.3 Å². The number of hydrogen-bond acceptors (Lipinski definition) is 4. The van der Waals surface area contributed by atoms with Crippen molar-refractivity contribution in [2.24, 2.45) is 0 Å². The second-order valence-corrected chi connectivity index (χ2v) is 6.11. The highest BCUT2D eigenvalue weighted by Crippen LogP contribution is 2.33. The van der Waals surface area contributed by atoms with Crippen molar-refractivity contribution in [1.82, 2.24) is 10.2 Å². The Morgan fingerprint density at radius 1 is 1.35 bits per heavy atom. The Morgan fingerprint density at radius 2 is 2.13 bits per heavy atom. The molecule has 0 aromatic heterocycles. The summed E-state index contributed by atoms with van der Waals surface area (Å²) in [5, 5.41) is 3.28. The number of nitrogens with zero attached hydrogens (tertiary/aromatic N) is 2. The average molecular weight is 317 g/mol. The molecule has 2 amide bonds. The first-order valence-corrected chi connectivity index (χ1v) is 8.15. The van der Waals surface area contributed by atoms with E-state index in [2.05, 4.69) is 5.32 Å². The maximum Gasteiger partial charge on any atom is 0.267 e. The SMILES string of the molecule is CC1Oc2ccccc2N(CCC(=O)N2CCNC[C@H]2C)C1=O. The third-order valence-electron chi connectivity index (χ3n) is 4.44. The zero-order chi connectivity index (χ0) is 16.4. The van der Waals surface area contributed by atoms with Crippen molar-refractivity contribution in [3.63, 3.8) is 0 Å². The van der Waals surface area contributed by atoms with E-state index in [-0.39, 0.29) is 17.9 Å². The third kappa shape index (κ3) is 3.17. The minimum atomic E-state index is -0.516. The van der Waals surface area contributed by atoms with Crippen LogP contribution in [0.15, 0.2) is 24.3 Å². The lowest BCUT2D eigenvalue weighted by atomic mass is 10.1. The van der Waals surface area contributed by atoms with Crippen LogP contribution in [0, 0.1) is 0 Å². The molecular weight excluding hydrogens is 294 g/mol. The molecule has 1 N–H and O–H groups in total. The molecule has 6 heteroatoms. The van der Waals surface area contributed by atoms with Crippen LogP contribution in [0.25, 0.3) is 0 Å². The highest BCUT2D eigenvalue weighted by molar-refractivity contribution is 6.00. The largest absolute Gasteiger partial charge is 0.479 e. The molecule has 1 saturated heterocycles. The predicted molar refractivity (Wildman–Crippen MR) is 87.5 cm³/mol. The van der Waals surface area contributed by atoms with Crippen LogP contribution in [0.5, 0.6) is 5.75 Å². The van der Waals surface area contributed by atoms with E-state index in [0.29, 0.717) is 18.7 Å². The van der Waals surface area contributed by atoms with Gasteiger partial charge in [-0.25, -0.2) is 0 Å². The molecule has 0 radical (unpaired) electrons. The van der Waals surface area contributed by atoms with Gasteiger partial charge in [0.25, 0.3) is 5.91 Å². The second-order valence-electron chi connectivity index (χ2n) is 6.11. The highest BCUT2D eigenvalue weighted by atomic mass is 16.5. The lowest BCUT2D eigenvalue weighted by molar-refractivity contribution is -0.133. The summed E-state index contributed by atoms with van der Waals surface area (Å²) in [5.41, 5.74) is 0.747. The Kier molecular flexibility index (Phi) is 4.52. The molecule has 2 aliphatic heterocycles. The Balaban J connectivity index is 1.69. The Morgan fingerprint density at radius 3 is 2.91 bits per heavy atom. The van der Waals surface area contributed by atoms with E-state index in [4.69, 9.17) is 4.74 Å². The molecule has 23 heavy (non-hydrogen) atoms. The first-order valence-electron chi connectivity index (χ1n) is 8.15. The van der Waals surface area contributed by atoms with E-state index in [1.165, 1.54) is 0 Å². The molecule has 1 aromatic rings. The molecule has 2 atom stereocenters. The normalized spacial score (nSPS) is 24.2. The quantitative estimate of drug-likeness (QED) is 0.904. The summed E-state index contributed by atoms with van der Waals surface area (Å²) in [5.74, 6) is 0.705. The molecule has 1 aromatic carbocycles. The number of piperazine rings is 1. The summed E-state index contributed by atoms with van der Waals surface area (Å²) in [7, 11) is 0. The van der Waals surface area contributed by atoms with Gasteiger partial charge in [0.05, 0.1) is 5.69 Å². The lowest BCUT2D eigenvalue weighted by Gasteiger charge is -2.36. The van der Waals surface area contributed by atoms with Gasteiger partial charge in [0, 0.05) is 38.6 Å². The number of amides is 2. The lowest BCUT2D eigenvalue weighted by Crippen LogP contribution is -2.53. The summed E-state index contributed by atoms with van der Waals surface area (Å²) >= 11 is 0. The fraction of sp³-hybridized carbons (Fsp3) is 0.529. The number of fused-ring (bicyclic) bond motifs is 1. The van der Waals surface area contributed by atoms with Crippen molar-refractivity contribution in [1.29, 1.82) is 0 Å². The van der Waals surface area contributed by atoms with E-state index in [1.54, 1.807) is 11.8 Å². The van der Waals surface area contributed by atoms with Gasteiger partial charge < -0.3 is 19.9 Å². The predicted octanol–water partition coefficient (Wildman–Crippen LogP) is 1.01. The van der Waals surface area contributed by atoms with Crippen LogP contribution in [0.1, 0.15) is 20.3 Å². The van der Waals surface area contributed by atoms with Crippen LogP contribution in [-0.4, -0.2) is 55.0 Å². The number of ether oxygens (including phenoxy) is 1. The maximum atomic E-state index is 12.5. The Labute approximate surface area is 136 Å². The van der Waals surface area contributed by atoms with Crippen LogP contribution in [0.4, 0.5) is 5.69 Å². The molecule has 124 valence electrons. The fourth-order valence-corrected chi connectivity index (χ4v) is 3.15. The van der Waals surface area contributed by atoms with Gasteiger partial charge in [-0.3, -0.25) is 9.59 Å². The van der Waals surface area contributed by atoms with Crippen LogP contribution >= 0.6 is 0 Å². The van der Waals surface area contributed by atoms with Gasteiger partial charge in [0.1, 0.15) is 5.75 Å². The summed E-state index contributed by atoms with van der Waals surface area (Å²) in [4.78, 5) is 28.5. The smallest absolute Gasteiger partial charge is 0.267 e. The molecule has 1 unspecified atom stereocenters. The van der Waals surface area contributed by atoms with E-state index in [9.17, 15) is 9.59 Å². The zero-order valence-corrected chi connectivity index (χ0v) is 13.6. The van der Waals surface area contributed by atoms with E-state index < -0.39 is 6.10 Å². The molecule has 1 fully saturated rings. The van der Waals surface area contributed by atoms with Crippen molar-refractivity contribution >= 4 is 17.5 Å². The number of benzene rings is 1. The monoisotopic (exact) mass is 317 g/mol. The van der Waals surface area contributed by atoms with Crippen LogP contribution < -0.4 is 15.0 Å². The first-order chi connectivity index (χ1) is 11.1. The molecular formula is C17H23N3O3. The molecule has 0 aliphatic carbocycles. The number of carbonyl (C=O) groups excluding carboxylic acids is 2. The third-order valence-corrected chi connectivity index (χ3v) is 4.44. The average Bonchev–Trinajstić information content (AvgIpc) is 2.55. The Bertz CT molecular complexity index is 605. The van der Waals surface area contributed by atoms with Gasteiger partial charge in [-0.1, -0.05) is 12.1 Å². The van der Waals surface area contributed by atoms with Gasteiger partial charge in [-0.05, 0) is 26.0 Å². The highest BCUT2D eigenvalue weighted by Gasteiger charge is 2.32. The van der Waals surface area contributed by atoms with Crippen molar-refractivity contribution in [2.75, 3.05) is 31.1 Å². The van der Waals surface area contributed by atoms with Crippen LogP contribution in [0.3, 0.4) is 0 Å². The molecule has 0 spiro atoms. The number of nitrogens with one attached hydrogen (secondary N) is 1. The number of para-hydroxylation sites is 2. The van der Waals surface area contributed by atoms with Crippen molar-refractivity contribution in [3.8, 4) is 5.75 Å². The maximum absolute atomic E-state index is 12.5. The second kappa shape index (κ2) is 6.58. The van der Waals surface area contributed by atoms with E-state index in [0.717, 1.165) is 25.3 Å². The molecule has 0 saturated carbocycles. The summed E-state index contributed by atoms with van der Waals surface area (Å²) in [6, 6.07) is 7.66. The van der Waals surface area contributed by atoms with Gasteiger partial charge in [0.2, 0.25) is 5.91 Å². The van der Waals surface area contributed by atoms with Crippen LogP contribution in [0.2, 0.25) is 0 Å². The molecule has 3 rings (SSSR count). The standard InChI is InChI=1S/C17H23N3O3/c1-12-11-18-8-10-19(12)16(21)7-9-20-14-5-3-4-6-15(14)23-13(2)17(20)22/h3-6,12-13,18H,7-11H2,1-2H3/t12-,13?/m1/s1. The topological polar surface area (TPSA) is 61.9 Å². The van der Waals surface area contributed by atoms with Gasteiger partial charge in [-0.15, -0.1) is 0 Å². The Hall–Kier alpha value is -2.08. The number of anilines is 1. The summed E-state index contributed by atoms with van der Waals surface area (Å²) < 4.78 is 5.62. The summed E-state index contributed by atoms with van der Waals surface area (Å²) in [6.45, 7) is 6.55. The molecule has 2 heterocycles. The van der Waals surface area contributed by atoms with Crippen molar-refractivity contribution < 1.29 is 14.3 Å². The van der Waals surface area contributed by atoms with E-state index >= 15 is 0 Å².